The van der Waals surface area contributed by atoms with Crippen LogP contribution in [0.3, 0.4) is 0 Å². The van der Waals surface area contributed by atoms with Crippen LogP contribution in [0.4, 0.5) is 13.2 Å². The minimum absolute atomic E-state index is 0.245. The first-order valence-electron chi connectivity index (χ1n) is 9.70. The zero-order chi connectivity index (χ0) is 19.1. The molecule has 2 N–H and O–H groups in total. The van der Waals surface area contributed by atoms with Crippen LogP contribution < -0.4 is 10.6 Å². The van der Waals surface area contributed by atoms with Crippen molar-refractivity contribution in [3.63, 3.8) is 0 Å². The predicted molar refractivity (Wildman–Crippen MR) is 97.8 cm³/mol. The van der Waals surface area contributed by atoms with Crippen LogP contribution in [0.25, 0.3) is 0 Å². The fourth-order valence-corrected chi connectivity index (χ4v) is 4.61. The molecule has 7 heteroatoms. The number of guanidine groups is 1. The summed E-state index contributed by atoms with van der Waals surface area (Å²) in [6, 6.07) is 6.04. The van der Waals surface area contributed by atoms with E-state index in [0.29, 0.717) is 18.6 Å². The average molecular weight is 381 g/mol. The van der Waals surface area contributed by atoms with E-state index in [0.717, 1.165) is 50.2 Å². The highest BCUT2D eigenvalue weighted by molar-refractivity contribution is 5.80. The lowest BCUT2D eigenvalue weighted by molar-refractivity contribution is -0.137. The Hall–Kier alpha value is -1.76. The maximum Gasteiger partial charge on any atom is 0.416 e. The third-order valence-corrected chi connectivity index (χ3v) is 6.36. The van der Waals surface area contributed by atoms with Gasteiger partial charge in [0.1, 0.15) is 0 Å². The summed E-state index contributed by atoms with van der Waals surface area (Å²) in [5.41, 5.74) is -0.0768. The molecule has 3 fully saturated rings. The van der Waals surface area contributed by atoms with E-state index in [-0.39, 0.29) is 17.6 Å². The Kier molecular flexibility index (Phi) is 4.82. The first-order chi connectivity index (χ1) is 12.9. The standard InChI is InChI=1S/C20H26F3N3O/c1-24-18(26-16-11-15-6-7-17(16)27-15)25-12-19(8-3-9-19)13-4-2-5-14(10-13)20(21,22)23/h2,4-5,10,15-17H,3,6-9,11-12H2,1H3,(H2,24,25,26). The predicted octanol–water partition coefficient (Wildman–Crippen LogP) is 3.61. The molecule has 1 aromatic carbocycles. The monoisotopic (exact) mass is 381 g/mol. The molecule has 3 aliphatic rings. The van der Waals surface area contributed by atoms with E-state index in [2.05, 4.69) is 15.6 Å². The number of fused-ring (bicyclic) bond motifs is 2. The molecule has 0 radical (unpaired) electrons. The van der Waals surface area contributed by atoms with Crippen molar-refractivity contribution < 1.29 is 17.9 Å². The van der Waals surface area contributed by atoms with Crippen molar-refractivity contribution in [1.29, 1.82) is 0 Å². The Bertz CT molecular complexity index is 715. The van der Waals surface area contributed by atoms with Crippen LogP contribution in [0, 0.1) is 0 Å². The normalized spacial score (nSPS) is 29.5. The van der Waals surface area contributed by atoms with Gasteiger partial charge in [-0.15, -0.1) is 0 Å². The minimum atomic E-state index is -4.31. The van der Waals surface area contributed by atoms with Gasteiger partial charge in [-0.25, -0.2) is 0 Å². The molecule has 3 unspecified atom stereocenters. The fourth-order valence-electron chi connectivity index (χ4n) is 4.61. The minimum Gasteiger partial charge on any atom is -0.373 e. The average Bonchev–Trinajstić information content (AvgIpc) is 3.22. The van der Waals surface area contributed by atoms with Crippen LogP contribution in [0.15, 0.2) is 29.3 Å². The summed E-state index contributed by atoms with van der Waals surface area (Å²) in [4.78, 5) is 4.31. The smallest absolute Gasteiger partial charge is 0.373 e. The van der Waals surface area contributed by atoms with E-state index in [1.807, 2.05) is 6.07 Å². The molecular weight excluding hydrogens is 355 g/mol. The molecule has 2 bridgehead atoms. The highest BCUT2D eigenvalue weighted by Gasteiger charge is 2.42. The van der Waals surface area contributed by atoms with Crippen LogP contribution >= 0.6 is 0 Å². The number of hydrogen-bond acceptors (Lipinski definition) is 2. The van der Waals surface area contributed by atoms with Crippen LogP contribution in [0.2, 0.25) is 0 Å². The second kappa shape index (κ2) is 7.00. The first kappa shape index (κ1) is 18.6. The third kappa shape index (κ3) is 3.66. The summed E-state index contributed by atoms with van der Waals surface area (Å²) in [6.07, 6.45) is 2.29. The van der Waals surface area contributed by atoms with Gasteiger partial charge >= 0.3 is 6.18 Å². The maximum absolute atomic E-state index is 13.1. The molecule has 2 aliphatic heterocycles. The second-order valence-corrected chi connectivity index (χ2v) is 8.00. The van der Waals surface area contributed by atoms with Gasteiger partial charge < -0.3 is 15.4 Å². The van der Waals surface area contributed by atoms with Gasteiger partial charge in [0.25, 0.3) is 0 Å². The molecule has 2 saturated heterocycles. The summed E-state index contributed by atoms with van der Waals surface area (Å²) in [5.74, 6) is 0.703. The lowest BCUT2D eigenvalue weighted by Gasteiger charge is -2.43. The topological polar surface area (TPSA) is 45.7 Å². The van der Waals surface area contributed by atoms with E-state index in [1.54, 1.807) is 7.05 Å². The number of ether oxygens (including phenoxy) is 1. The third-order valence-electron chi connectivity index (χ3n) is 6.36. The molecule has 1 aliphatic carbocycles. The molecule has 4 nitrogen and oxygen atoms in total. The lowest BCUT2D eigenvalue weighted by Crippen LogP contribution is -2.52. The molecule has 0 spiro atoms. The van der Waals surface area contributed by atoms with Crippen molar-refractivity contribution in [2.45, 2.75) is 68.4 Å². The molecule has 1 saturated carbocycles. The van der Waals surface area contributed by atoms with Gasteiger partial charge in [0.15, 0.2) is 5.96 Å². The highest BCUT2D eigenvalue weighted by Crippen LogP contribution is 2.44. The van der Waals surface area contributed by atoms with E-state index in [1.165, 1.54) is 12.1 Å². The Labute approximate surface area is 157 Å². The Morgan fingerprint density at radius 1 is 1.30 bits per heavy atom. The number of nitrogens with zero attached hydrogens (tertiary/aromatic N) is 1. The molecule has 148 valence electrons. The van der Waals surface area contributed by atoms with Gasteiger partial charge in [-0.1, -0.05) is 24.6 Å². The zero-order valence-electron chi connectivity index (χ0n) is 15.5. The highest BCUT2D eigenvalue weighted by atomic mass is 19.4. The van der Waals surface area contributed by atoms with Crippen LogP contribution in [-0.2, 0) is 16.3 Å². The van der Waals surface area contributed by atoms with Gasteiger partial charge in [-0.05, 0) is 43.7 Å². The van der Waals surface area contributed by atoms with Crippen molar-refractivity contribution in [1.82, 2.24) is 10.6 Å². The first-order valence-corrected chi connectivity index (χ1v) is 9.70. The van der Waals surface area contributed by atoms with Crippen LogP contribution in [0.5, 0.6) is 0 Å². The van der Waals surface area contributed by atoms with Gasteiger partial charge in [0.05, 0.1) is 23.8 Å². The molecule has 4 rings (SSSR count). The maximum atomic E-state index is 13.1. The fraction of sp³-hybridized carbons (Fsp3) is 0.650. The summed E-state index contributed by atoms with van der Waals surface area (Å²) in [6.45, 7) is 0.579. The summed E-state index contributed by atoms with van der Waals surface area (Å²) in [7, 11) is 1.72. The van der Waals surface area contributed by atoms with Gasteiger partial charge in [-0.2, -0.15) is 13.2 Å². The van der Waals surface area contributed by atoms with Gasteiger partial charge in [0.2, 0.25) is 0 Å². The van der Waals surface area contributed by atoms with Gasteiger partial charge in [0, 0.05) is 19.0 Å². The van der Waals surface area contributed by atoms with E-state index < -0.39 is 11.7 Å². The number of nitrogens with one attached hydrogen (secondary N) is 2. The number of aliphatic imine (C=N–C) groups is 1. The number of alkyl halides is 3. The van der Waals surface area contributed by atoms with Crippen molar-refractivity contribution in [3.05, 3.63) is 35.4 Å². The molecule has 2 heterocycles. The van der Waals surface area contributed by atoms with Crippen molar-refractivity contribution in [2.75, 3.05) is 13.6 Å². The second-order valence-electron chi connectivity index (χ2n) is 8.00. The molecular formula is C20H26F3N3O. The number of benzene rings is 1. The zero-order valence-corrected chi connectivity index (χ0v) is 15.5. The lowest BCUT2D eigenvalue weighted by atomic mass is 9.64. The number of rotatable bonds is 4. The molecule has 3 atom stereocenters. The Morgan fingerprint density at radius 3 is 2.67 bits per heavy atom. The summed E-state index contributed by atoms with van der Waals surface area (Å²) >= 11 is 0. The molecule has 27 heavy (non-hydrogen) atoms. The Balaban J connectivity index is 1.42. The molecule has 0 amide bonds. The molecule has 1 aromatic rings. The SMILES string of the molecule is CN=C(NCC1(c2cccc(C(F)(F)F)c2)CCC1)NC1CC2CCC1O2. The summed E-state index contributed by atoms with van der Waals surface area (Å²) in [5, 5.41) is 6.80. The quantitative estimate of drug-likeness (QED) is 0.619. The number of halogens is 3. The summed E-state index contributed by atoms with van der Waals surface area (Å²) < 4.78 is 45.1. The van der Waals surface area contributed by atoms with Crippen molar-refractivity contribution >= 4 is 5.96 Å². The Morgan fingerprint density at radius 2 is 2.11 bits per heavy atom. The van der Waals surface area contributed by atoms with E-state index in [4.69, 9.17) is 4.74 Å². The van der Waals surface area contributed by atoms with Crippen LogP contribution in [-0.4, -0.2) is 37.8 Å². The van der Waals surface area contributed by atoms with Crippen molar-refractivity contribution in [2.24, 2.45) is 4.99 Å². The van der Waals surface area contributed by atoms with Crippen LogP contribution in [0.1, 0.15) is 49.7 Å². The van der Waals surface area contributed by atoms with E-state index in [9.17, 15) is 13.2 Å². The van der Waals surface area contributed by atoms with Gasteiger partial charge in [-0.3, -0.25) is 4.99 Å². The van der Waals surface area contributed by atoms with Crippen molar-refractivity contribution in [3.8, 4) is 0 Å². The largest absolute Gasteiger partial charge is 0.416 e. The number of hydrogen-bond donors (Lipinski definition) is 2. The van der Waals surface area contributed by atoms with E-state index >= 15 is 0 Å². The molecule has 0 aromatic heterocycles.